The maximum Gasteiger partial charge on any atom is 0.416 e. The molecule has 0 heterocycles. The molecule has 0 radical (unpaired) electrons. The second kappa shape index (κ2) is 5.23. The first-order chi connectivity index (χ1) is 7.39. The number of rotatable bonds is 4. The minimum atomic E-state index is -4.27. The minimum Gasteiger partial charge on any atom is -0.385 e. The topological polar surface area (TPSA) is 12.0 Å². The number of anilines is 1. The number of halogens is 3. The van der Waals surface area contributed by atoms with Gasteiger partial charge in [0.25, 0.3) is 0 Å². The molecule has 90 valence electrons. The lowest BCUT2D eigenvalue weighted by Gasteiger charge is -2.11. The van der Waals surface area contributed by atoms with Gasteiger partial charge in [-0.3, -0.25) is 0 Å². The van der Waals surface area contributed by atoms with Gasteiger partial charge in [0.1, 0.15) is 0 Å². The Bertz CT molecular complexity index is 331. The van der Waals surface area contributed by atoms with E-state index in [9.17, 15) is 13.2 Å². The Morgan fingerprint density at radius 1 is 1.25 bits per heavy atom. The summed E-state index contributed by atoms with van der Waals surface area (Å²) in [6.07, 6.45) is -3.33. The van der Waals surface area contributed by atoms with Gasteiger partial charge in [-0.15, -0.1) is 0 Å². The lowest BCUT2D eigenvalue weighted by atomic mass is 10.1. The van der Waals surface area contributed by atoms with Gasteiger partial charge in [-0.05, 0) is 30.5 Å². The number of benzene rings is 1. The molecule has 0 bridgehead atoms. The molecule has 1 aromatic carbocycles. The summed E-state index contributed by atoms with van der Waals surface area (Å²) in [5, 5.41) is 2.99. The van der Waals surface area contributed by atoms with E-state index in [4.69, 9.17) is 0 Å². The van der Waals surface area contributed by atoms with Crippen molar-refractivity contribution in [2.75, 3.05) is 11.9 Å². The number of alkyl halides is 3. The van der Waals surface area contributed by atoms with Crippen molar-refractivity contribution in [3.8, 4) is 0 Å². The highest BCUT2D eigenvalue weighted by Gasteiger charge is 2.30. The van der Waals surface area contributed by atoms with Crippen LogP contribution in [0.15, 0.2) is 24.3 Å². The van der Waals surface area contributed by atoms with Gasteiger partial charge in [0.2, 0.25) is 0 Å². The van der Waals surface area contributed by atoms with Crippen LogP contribution in [0.4, 0.5) is 18.9 Å². The first-order valence-electron chi connectivity index (χ1n) is 5.30. The van der Waals surface area contributed by atoms with Gasteiger partial charge in [-0.25, -0.2) is 0 Å². The SMILES string of the molecule is CC(C)CCNc1cccc(C(F)(F)F)c1. The number of hydrogen-bond donors (Lipinski definition) is 1. The normalized spacial score (nSPS) is 11.9. The third-order valence-corrected chi connectivity index (χ3v) is 2.24. The maximum absolute atomic E-state index is 12.4. The molecule has 16 heavy (non-hydrogen) atoms. The number of hydrogen-bond acceptors (Lipinski definition) is 1. The minimum absolute atomic E-state index is 0.524. The Morgan fingerprint density at radius 3 is 2.50 bits per heavy atom. The van der Waals surface area contributed by atoms with E-state index in [0.29, 0.717) is 18.2 Å². The van der Waals surface area contributed by atoms with Gasteiger partial charge >= 0.3 is 6.18 Å². The standard InChI is InChI=1S/C12H16F3N/c1-9(2)6-7-16-11-5-3-4-10(8-11)12(13,14)15/h3-5,8-9,16H,6-7H2,1-2H3. The van der Waals surface area contributed by atoms with Crippen LogP contribution < -0.4 is 5.32 Å². The van der Waals surface area contributed by atoms with E-state index in [2.05, 4.69) is 19.2 Å². The lowest BCUT2D eigenvalue weighted by molar-refractivity contribution is -0.137. The van der Waals surface area contributed by atoms with Crippen LogP contribution in [-0.4, -0.2) is 6.54 Å². The molecule has 0 fully saturated rings. The Hall–Kier alpha value is -1.19. The Kier molecular flexibility index (Phi) is 4.21. The van der Waals surface area contributed by atoms with Gasteiger partial charge in [0, 0.05) is 12.2 Å². The smallest absolute Gasteiger partial charge is 0.385 e. The molecule has 0 spiro atoms. The fraction of sp³-hybridized carbons (Fsp3) is 0.500. The summed E-state index contributed by atoms with van der Waals surface area (Å²) >= 11 is 0. The van der Waals surface area contributed by atoms with E-state index in [-0.39, 0.29) is 0 Å². The van der Waals surface area contributed by atoms with E-state index >= 15 is 0 Å². The van der Waals surface area contributed by atoms with E-state index in [1.54, 1.807) is 6.07 Å². The Balaban J connectivity index is 2.61. The van der Waals surface area contributed by atoms with Gasteiger partial charge in [-0.2, -0.15) is 13.2 Å². The van der Waals surface area contributed by atoms with E-state index < -0.39 is 11.7 Å². The van der Waals surface area contributed by atoms with Crippen molar-refractivity contribution in [1.82, 2.24) is 0 Å². The van der Waals surface area contributed by atoms with Gasteiger partial charge in [0.05, 0.1) is 5.56 Å². The summed E-state index contributed by atoms with van der Waals surface area (Å²) in [5.41, 5.74) is -0.0856. The van der Waals surface area contributed by atoms with Crippen LogP contribution in [0, 0.1) is 5.92 Å². The van der Waals surface area contributed by atoms with Crippen molar-refractivity contribution in [3.63, 3.8) is 0 Å². The number of nitrogens with one attached hydrogen (secondary N) is 1. The van der Waals surface area contributed by atoms with Crippen LogP contribution in [-0.2, 0) is 6.18 Å². The molecule has 0 unspecified atom stereocenters. The molecule has 1 nitrogen and oxygen atoms in total. The lowest BCUT2D eigenvalue weighted by Crippen LogP contribution is -2.08. The van der Waals surface area contributed by atoms with Crippen molar-refractivity contribution in [2.45, 2.75) is 26.4 Å². The van der Waals surface area contributed by atoms with Crippen LogP contribution in [0.2, 0.25) is 0 Å². The van der Waals surface area contributed by atoms with Crippen molar-refractivity contribution in [1.29, 1.82) is 0 Å². The summed E-state index contributed by atoms with van der Waals surface area (Å²) in [5.74, 6) is 0.540. The largest absolute Gasteiger partial charge is 0.416 e. The monoisotopic (exact) mass is 231 g/mol. The summed E-state index contributed by atoms with van der Waals surface area (Å²) < 4.78 is 37.2. The van der Waals surface area contributed by atoms with E-state index in [1.165, 1.54) is 6.07 Å². The van der Waals surface area contributed by atoms with Gasteiger partial charge < -0.3 is 5.32 Å². The molecule has 0 saturated carbocycles. The zero-order valence-corrected chi connectivity index (χ0v) is 9.43. The highest BCUT2D eigenvalue weighted by molar-refractivity contribution is 5.46. The first-order valence-corrected chi connectivity index (χ1v) is 5.30. The second-order valence-corrected chi connectivity index (χ2v) is 4.19. The molecule has 4 heteroatoms. The second-order valence-electron chi connectivity index (χ2n) is 4.19. The predicted molar refractivity (Wildman–Crippen MR) is 59.4 cm³/mol. The molecule has 0 aromatic heterocycles. The Morgan fingerprint density at radius 2 is 1.94 bits per heavy atom. The van der Waals surface area contributed by atoms with Gasteiger partial charge in [0.15, 0.2) is 0 Å². The first kappa shape index (κ1) is 12.9. The molecule has 0 amide bonds. The summed E-state index contributed by atoms with van der Waals surface area (Å²) in [7, 11) is 0. The van der Waals surface area contributed by atoms with Crippen LogP contribution in [0.3, 0.4) is 0 Å². The van der Waals surface area contributed by atoms with Crippen molar-refractivity contribution >= 4 is 5.69 Å². The average molecular weight is 231 g/mol. The molecule has 0 saturated heterocycles. The molecular weight excluding hydrogens is 215 g/mol. The zero-order valence-electron chi connectivity index (χ0n) is 9.43. The fourth-order valence-corrected chi connectivity index (χ4v) is 1.31. The molecule has 1 rings (SSSR count). The van der Waals surface area contributed by atoms with Crippen molar-refractivity contribution in [3.05, 3.63) is 29.8 Å². The third-order valence-electron chi connectivity index (χ3n) is 2.24. The highest BCUT2D eigenvalue weighted by Crippen LogP contribution is 2.30. The van der Waals surface area contributed by atoms with Crippen LogP contribution >= 0.6 is 0 Å². The average Bonchev–Trinajstić information content (AvgIpc) is 2.16. The van der Waals surface area contributed by atoms with E-state index in [1.807, 2.05) is 0 Å². The molecule has 0 aliphatic heterocycles. The zero-order chi connectivity index (χ0) is 12.2. The molecule has 0 aliphatic rings. The molecule has 1 aromatic rings. The van der Waals surface area contributed by atoms with Crippen LogP contribution in [0.25, 0.3) is 0 Å². The molecular formula is C12H16F3N. The van der Waals surface area contributed by atoms with E-state index in [0.717, 1.165) is 18.6 Å². The predicted octanol–water partition coefficient (Wildman–Crippen LogP) is 4.16. The highest BCUT2D eigenvalue weighted by atomic mass is 19.4. The molecule has 0 atom stereocenters. The third kappa shape index (κ3) is 4.13. The fourth-order valence-electron chi connectivity index (χ4n) is 1.31. The quantitative estimate of drug-likeness (QED) is 0.820. The summed E-state index contributed by atoms with van der Waals surface area (Å²) in [6.45, 7) is 4.85. The summed E-state index contributed by atoms with van der Waals surface area (Å²) in [6, 6.07) is 5.28. The molecule has 0 aliphatic carbocycles. The maximum atomic E-state index is 12.4. The van der Waals surface area contributed by atoms with Crippen molar-refractivity contribution < 1.29 is 13.2 Å². The summed E-state index contributed by atoms with van der Waals surface area (Å²) in [4.78, 5) is 0. The Labute approximate surface area is 93.7 Å². The molecule has 1 N–H and O–H groups in total. The van der Waals surface area contributed by atoms with Gasteiger partial charge in [-0.1, -0.05) is 19.9 Å². The van der Waals surface area contributed by atoms with Crippen LogP contribution in [0.1, 0.15) is 25.8 Å². The van der Waals surface area contributed by atoms with Crippen molar-refractivity contribution in [2.24, 2.45) is 5.92 Å². The van der Waals surface area contributed by atoms with Crippen LogP contribution in [0.5, 0.6) is 0 Å².